The molecule has 0 aromatic heterocycles. The summed E-state index contributed by atoms with van der Waals surface area (Å²) in [5, 5.41) is 66.2. The fraction of sp³-hybridized carbons (Fsp3) is 1.00. The van der Waals surface area contributed by atoms with Crippen LogP contribution in [0.2, 0.25) is 0 Å². The Morgan fingerprint density at radius 2 is 1.62 bits per heavy atom. The third kappa shape index (κ3) is 5.30. The zero-order chi connectivity index (χ0) is 30.8. The molecule has 1 heterocycles. The lowest BCUT2D eigenvalue weighted by Crippen LogP contribution is -2.68. The van der Waals surface area contributed by atoms with Crippen LogP contribution in [0.3, 0.4) is 0 Å². The Hall–Kier alpha value is -0.360. The number of aliphatic hydroxyl groups is 6. The lowest BCUT2D eigenvalue weighted by molar-refractivity contribution is -0.263. The number of fused-ring (bicyclic) bond motifs is 5. The third-order valence-electron chi connectivity index (χ3n) is 13.1. The highest BCUT2D eigenvalue weighted by Gasteiger charge is 2.70. The van der Waals surface area contributed by atoms with Crippen LogP contribution in [-0.2, 0) is 14.2 Å². The summed E-state index contributed by atoms with van der Waals surface area (Å²) in [6.45, 7) is 10.6. The zero-order valence-electron chi connectivity index (χ0n) is 26.6. The van der Waals surface area contributed by atoms with E-state index in [9.17, 15) is 30.6 Å². The van der Waals surface area contributed by atoms with Gasteiger partial charge in [0.25, 0.3) is 0 Å². The Morgan fingerprint density at radius 3 is 2.24 bits per heavy atom. The molecule has 16 atom stereocenters. The van der Waals surface area contributed by atoms with Crippen molar-refractivity contribution in [2.45, 2.75) is 147 Å². The molecule has 42 heavy (non-hydrogen) atoms. The van der Waals surface area contributed by atoms with Crippen LogP contribution in [0.1, 0.15) is 92.4 Å². The molecule has 9 heteroatoms. The molecule has 4 aliphatic carbocycles. The van der Waals surface area contributed by atoms with Gasteiger partial charge in [-0.05, 0) is 91.8 Å². The van der Waals surface area contributed by atoms with Gasteiger partial charge < -0.3 is 44.8 Å². The maximum Gasteiger partial charge on any atom is 0.186 e. The molecule has 4 saturated carbocycles. The molecular formula is C33H58O9. The predicted octanol–water partition coefficient (Wildman–Crippen LogP) is 2.61. The van der Waals surface area contributed by atoms with E-state index in [0.29, 0.717) is 19.3 Å². The van der Waals surface area contributed by atoms with Crippen molar-refractivity contribution in [2.24, 2.45) is 46.3 Å². The molecule has 9 nitrogen and oxygen atoms in total. The molecule has 5 rings (SSSR count). The Labute approximate surface area is 251 Å². The maximum absolute atomic E-state index is 12.5. The van der Waals surface area contributed by atoms with E-state index >= 15 is 0 Å². The van der Waals surface area contributed by atoms with Gasteiger partial charge in [-0.2, -0.15) is 0 Å². The van der Waals surface area contributed by atoms with Crippen molar-refractivity contribution in [1.29, 1.82) is 0 Å². The summed E-state index contributed by atoms with van der Waals surface area (Å²) in [5.41, 5.74) is -1.63. The summed E-state index contributed by atoms with van der Waals surface area (Å²) in [6.07, 6.45) is 1.44. The van der Waals surface area contributed by atoms with Gasteiger partial charge in [-0.25, -0.2) is 0 Å². The molecule has 6 N–H and O–H groups in total. The average Bonchev–Trinajstić information content (AvgIpc) is 3.39. The first kappa shape index (κ1) is 33.0. The van der Waals surface area contributed by atoms with Gasteiger partial charge in [-0.15, -0.1) is 0 Å². The summed E-state index contributed by atoms with van der Waals surface area (Å²) in [5.74, 6) is 0.358. The Balaban J connectivity index is 1.28. The summed E-state index contributed by atoms with van der Waals surface area (Å²) in [6, 6.07) is 0. The van der Waals surface area contributed by atoms with Crippen LogP contribution < -0.4 is 0 Å². The van der Waals surface area contributed by atoms with Gasteiger partial charge >= 0.3 is 0 Å². The van der Waals surface area contributed by atoms with Gasteiger partial charge in [0.15, 0.2) is 6.29 Å². The molecule has 5 aliphatic rings. The van der Waals surface area contributed by atoms with E-state index in [0.717, 1.165) is 32.1 Å². The van der Waals surface area contributed by atoms with Crippen LogP contribution in [0.25, 0.3) is 0 Å². The third-order valence-corrected chi connectivity index (χ3v) is 13.1. The molecule has 0 aromatic rings. The van der Waals surface area contributed by atoms with Crippen molar-refractivity contribution >= 4 is 0 Å². The number of methoxy groups -OCH3 is 1. The van der Waals surface area contributed by atoms with E-state index < -0.39 is 42.4 Å². The van der Waals surface area contributed by atoms with E-state index in [-0.39, 0.29) is 71.6 Å². The van der Waals surface area contributed by atoms with Crippen molar-refractivity contribution in [1.82, 2.24) is 0 Å². The van der Waals surface area contributed by atoms with Gasteiger partial charge in [0, 0.05) is 19.4 Å². The summed E-state index contributed by atoms with van der Waals surface area (Å²) >= 11 is 0. The second-order valence-corrected chi connectivity index (χ2v) is 15.7. The molecule has 5 fully saturated rings. The lowest BCUT2D eigenvalue weighted by Gasteiger charge is -2.66. The van der Waals surface area contributed by atoms with Crippen molar-refractivity contribution in [2.75, 3.05) is 13.7 Å². The topological polar surface area (TPSA) is 149 Å². The molecule has 1 saturated heterocycles. The van der Waals surface area contributed by atoms with Crippen LogP contribution in [0, 0.1) is 46.3 Å². The van der Waals surface area contributed by atoms with Gasteiger partial charge in [0.2, 0.25) is 0 Å². The second kappa shape index (κ2) is 12.1. The van der Waals surface area contributed by atoms with Gasteiger partial charge in [0.05, 0.1) is 36.6 Å². The summed E-state index contributed by atoms with van der Waals surface area (Å²) in [4.78, 5) is 0. The van der Waals surface area contributed by atoms with Crippen molar-refractivity contribution in [3.05, 3.63) is 0 Å². The number of rotatable bonds is 9. The highest BCUT2D eigenvalue weighted by molar-refractivity contribution is 5.20. The molecule has 0 aromatic carbocycles. The van der Waals surface area contributed by atoms with E-state index in [1.807, 2.05) is 0 Å². The number of aliphatic hydroxyl groups excluding tert-OH is 5. The lowest BCUT2D eigenvalue weighted by atomic mass is 9.42. The molecule has 16 unspecified atom stereocenters. The Morgan fingerprint density at radius 1 is 0.929 bits per heavy atom. The number of hydrogen-bond acceptors (Lipinski definition) is 9. The fourth-order valence-corrected chi connectivity index (χ4v) is 11.0. The monoisotopic (exact) mass is 598 g/mol. The highest BCUT2D eigenvalue weighted by Crippen LogP contribution is 2.69. The van der Waals surface area contributed by atoms with E-state index in [2.05, 4.69) is 34.6 Å². The fourth-order valence-electron chi connectivity index (χ4n) is 11.0. The van der Waals surface area contributed by atoms with Gasteiger partial charge in [-0.3, -0.25) is 0 Å². The maximum atomic E-state index is 12.5. The molecule has 0 bridgehead atoms. The van der Waals surface area contributed by atoms with Crippen molar-refractivity contribution < 1.29 is 44.8 Å². The summed E-state index contributed by atoms with van der Waals surface area (Å²) in [7, 11) is 1.49. The highest BCUT2D eigenvalue weighted by atomic mass is 16.7. The normalized spacial score (nSPS) is 52.1. The largest absolute Gasteiger partial charge is 0.394 e. The standard InChI is InChI=1S/C33H58O9/c1-17(2)24(41-30-27(38)28(40-6)25(16-34)42-30)8-7-18(3)20-14-22(36)29-32(20,5)12-10-26-31(4)11-9-19(35)13-21(31)23(37)15-33(26,29)39/h17-30,34-39H,7-16H2,1-6H3. The van der Waals surface area contributed by atoms with Crippen LogP contribution in [-0.4, -0.2) is 99.0 Å². The van der Waals surface area contributed by atoms with Crippen molar-refractivity contribution in [3.8, 4) is 0 Å². The SMILES string of the molecule is COC1C(CO)OC(OC(CCC(C)C2CC(O)C3C2(C)CCC2C4(C)CCC(O)CC4C(O)CC23O)C(C)C)C1O. The molecule has 244 valence electrons. The van der Waals surface area contributed by atoms with Crippen LogP contribution in [0.5, 0.6) is 0 Å². The van der Waals surface area contributed by atoms with Crippen LogP contribution in [0.4, 0.5) is 0 Å². The minimum absolute atomic E-state index is 0.00270. The minimum Gasteiger partial charge on any atom is -0.394 e. The van der Waals surface area contributed by atoms with Crippen LogP contribution in [0.15, 0.2) is 0 Å². The molecule has 0 spiro atoms. The first-order valence-corrected chi connectivity index (χ1v) is 16.6. The molecule has 0 amide bonds. The quantitative estimate of drug-likeness (QED) is 0.236. The van der Waals surface area contributed by atoms with Gasteiger partial charge in [-0.1, -0.05) is 34.6 Å². The Bertz CT molecular complexity index is 933. The molecular weight excluding hydrogens is 540 g/mol. The van der Waals surface area contributed by atoms with E-state index in [1.54, 1.807) is 0 Å². The minimum atomic E-state index is -1.13. The Kier molecular flexibility index (Phi) is 9.51. The van der Waals surface area contributed by atoms with Gasteiger partial charge in [0.1, 0.15) is 18.3 Å². The van der Waals surface area contributed by atoms with E-state index in [4.69, 9.17) is 14.2 Å². The predicted molar refractivity (Wildman–Crippen MR) is 156 cm³/mol. The van der Waals surface area contributed by atoms with Crippen LogP contribution >= 0.6 is 0 Å². The number of ether oxygens (including phenoxy) is 3. The second-order valence-electron chi connectivity index (χ2n) is 15.7. The molecule has 1 aliphatic heterocycles. The zero-order valence-corrected chi connectivity index (χ0v) is 26.6. The molecule has 0 radical (unpaired) electrons. The number of hydrogen-bond donors (Lipinski definition) is 6. The smallest absolute Gasteiger partial charge is 0.186 e. The first-order chi connectivity index (χ1) is 19.7. The summed E-state index contributed by atoms with van der Waals surface area (Å²) < 4.78 is 17.4. The first-order valence-electron chi connectivity index (χ1n) is 16.6. The average molecular weight is 599 g/mol. The van der Waals surface area contributed by atoms with E-state index in [1.165, 1.54) is 7.11 Å². The van der Waals surface area contributed by atoms with Crippen molar-refractivity contribution in [3.63, 3.8) is 0 Å².